The molecular weight excluding hydrogens is 514 g/mol. The second-order valence-corrected chi connectivity index (χ2v) is 9.97. The third-order valence-corrected chi connectivity index (χ3v) is 7.24. The summed E-state index contributed by atoms with van der Waals surface area (Å²) in [5.74, 6) is 0.841. The molecule has 2 heterocycles. The van der Waals surface area contributed by atoms with E-state index in [2.05, 4.69) is 135 Å². The Morgan fingerprint density at radius 3 is 1.88 bits per heavy atom. The summed E-state index contributed by atoms with van der Waals surface area (Å²) >= 11 is 0. The van der Waals surface area contributed by atoms with Crippen LogP contribution < -0.4 is 4.90 Å². The van der Waals surface area contributed by atoms with Crippen LogP contribution in [0.3, 0.4) is 0 Å². The molecule has 5 nitrogen and oxygen atoms in total. The van der Waals surface area contributed by atoms with Crippen molar-refractivity contribution in [2.45, 2.75) is 0 Å². The van der Waals surface area contributed by atoms with Gasteiger partial charge in [-0.2, -0.15) is 10.2 Å². The summed E-state index contributed by atoms with van der Waals surface area (Å²) in [6.07, 6.45) is 11.9. The van der Waals surface area contributed by atoms with Crippen molar-refractivity contribution in [2.24, 2.45) is 0 Å². The Balaban J connectivity index is 1.28. The number of anilines is 1. The van der Waals surface area contributed by atoms with Crippen molar-refractivity contribution in [3.63, 3.8) is 0 Å². The average molecular weight is 542 g/mol. The number of hydrogen-bond acceptors (Lipinski definition) is 4. The van der Waals surface area contributed by atoms with Crippen LogP contribution in [0.2, 0.25) is 0 Å². The van der Waals surface area contributed by atoms with Gasteiger partial charge < -0.3 is 4.90 Å². The zero-order valence-electron chi connectivity index (χ0n) is 22.8. The molecule has 0 N–H and O–H groups in total. The van der Waals surface area contributed by atoms with E-state index in [0.717, 1.165) is 44.9 Å². The summed E-state index contributed by atoms with van der Waals surface area (Å²) in [5, 5.41) is 10.6. The fourth-order valence-corrected chi connectivity index (χ4v) is 5.08. The molecule has 0 bridgehead atoms. The van der Waals surface area contributed by atoms with Crippen LogP contribution in [0.5, 0.6) is 0 Å². The number of rotatable bonds is 7. The smallest absolute Gasteiger partial charge is 0.145 e. The van der Waals surface area contributed by atoms with E-state index in [-0.39, 0.29) is 0 Å². The van der Waals surface area contributed by atoms with E-state index in [9.17, 15) is 0 Å². The fourth-order valence-electron chi connectivity index (χ4n) is 5.08. The standard InChI is InChI=1S/C37H27N5/c1-3-9-28(10-4-1)21-23-41(24-22-29-11-5-2-6-12-29)33-18-16-31(17-19-33)37-40-35-26-38-39-27-36(35)42(37)34-20-15-30-13-7-8-14-32(30)25-34/h1-27H. The molecule has 0 saturated carbocycles. The first-order chi connectivity index (χ1) is 20.8. The molecule has 0 aliphatic heterocycles. The average Bonchev–Trinajstić information content (AvgIpc) is 3.45. The van der Waals surface area contributed by atoms with Crippen molar-refractivity contribution in [2.75, 3.05) is 4.90 Å². The van der Waals surface area contributed by atoms with Crippen LogP contribution in [0.25, 0.3) is 51.0 Å². The SMILES string of the molecule is C(=CN(C=Cc1ccccc1)c1ccc(-c2nc3cnncc3n2-c2ccc3ccccc3c2)cc1)c1ccccc1. The number of nitrogens with zero attached hydrogens (tertiary/aromatic N) is 5. The maximum atomic E-state index is 4.98. The predicted octanol–water partition coefficient (Wildman–Crippen LogP) is 8.78. The molecule has 0 aliphatic rings. The minimum Gasteiger partial charge on any atom is -0.324 e. The number of hydrogen-bond donors (Lipinski definition) is 0. The van der Waals surface area contributed by atoms with E-state index in [0.29, 0.717) is 0 Å². The summed E-state index contributed by atoms with van der Waals surface area (Å²) in [7, 11) is 0. The molecule has 7 rings (SSSR count). The van der Waals surface area contributed by atoms with Gasteiger partial charge >= 0.3 is 0 Å². The molecule has 0 radical (unpaired) electrons. The van der Waals surface area contributed by atoms with Crippen molar-refractivity contribution < 1.29 is 0 Å². The van der Waals surface area contributed by atoms with E-state index >= 15 is 0 Å². The molecule has 7 aromatic rings. The van der Waals surface area contributed by atoms with Crippen LogP contribution in [0.15, 0.2) is 152 Å². The first-order valence-electron chi connectivity index (χ1n) is 13.9. The highest BCUT2D eigenvalue weighted by molar-refractivity contribution is 5.87. The summed E-state index contributed by atoms with van der Waals surface area (Å²) in [4.78, 5) is 7.11. The summed E-state index contributed by atoms with van der Waals surface area (Å²) in [6.45, 7) is 0. The summed E-state index contributed by atoms with van der Waals surface area (Å²) < 4.78 is 2.16. The lowest BCUT2D eigenvalue weighted by Crippen LogP contribution is -2.06. The number of fused-ring (bicyclic) bond motifs is 2. The van der Waals surface area contributed by atoms with Crippen molar-refractivity contribution in [3.05, 3.63) is 163 Å². The van der Waals surface area contributed by atoms with E-state index in [1.165, 1.54) is 10.8 Å². The molecule has 42 heavy (non-hydrogen) atoms. The molecule has 0 fully saturated rings. The van der Waals surface area contributed by atoms with Gasteiger partial charge in [0.1, 0.15) is 11.3 Å². The molecule has 5 aromatic carbocycles. The van der Waals surface area contributed by atoms with Crippen LogP contribution in [-0.4, -0.2) is 19.7 Å². The Morgan fingerprint density at radius 2 is 1.19 bits per heavy atom. The lowest BCUT2D eigenvalue weighted by Gasteiger charge is -2.17. The Labute approximate surface area is 244 Å². The van der Waals surface area contributed by atoms with Gasteiger partial charge in [0.15, 0.2) is 0 Å². The molecule has 0 aliphatic carbocycles. The van der Waals surface area contributed by atoms with Crippen molar-refractivity contribution in [1.82, 2.24) is 19.7 Å². The van der Waals surface area contributed by atoms with Gasteiger partial charge in [-0.05, 0) is 70.4 Å². The molecule has 2 aromatic heterocycles. The molecule has 0 unspecified atom stereocenters. The van der Waals surface area contributed by atoms with E-state index in [1.54, 1.807) is 12.4 Å². The summed E-state index contributed by atoms with van der Waals surface area (Å²) in [5.41, 5.74) is 7.06. The zero-order chi connectivity index (χ0) is 28.1. The zero-order valence-corrected chi connectivity index (χ0v) is 22.8. The van der Waals surface area contributed by atoms with Crippen LogP contribution >= 0.6 is 0 Å². The molecule has 0 atom stereocenters. The highest BCUT2D eigenvalue weighted by Crippen LogP contribution is 2.31. The van der Waals surface area contributed by atoms with Crippen LogP contribution in [0.4, 0.5) is 5.69 Å². The number of aromatic nitrogens is 4. The van der Waals surface area contributed by atoms with E-state index in [1.807, 2.05) is 36.4 Å². The summed E-state index contributed by atoms with van der Waals surface area (Å²) in [6, 6.07) is 44.0. The maximum absolute atomic E-state index is 4.98. The largest absolute Gasteiger partial charge is 0.324 e. The van der Waals surface area contributed by atoms with Crippen molar-refractivity contribution in [1.29, 1.82) is 0 Å². The van der Waals surface area contributed by atoms with Crippen LogP contribution in [-0.2, 0) is 0 Å². The van der Waals surface area contributed by atoms with Gasteiger partial charge in [0.25, 0.3) is 0 Å². The van der Waals surface area contributed by atoms with Gasteiger partial charge in [0, 0.05) is 29.3 Å². The Bertz CT molecular complexity index is 1980. The monoisotopic (exact) mass is 541 g/mol. The molecule has 0 amide bonds. The van der Waals surface area contributed by atoms with Crippen LogP contribution in [0.1, 0.15) is 11.1 Å². The fraction of sp³-hybridized carbons (Fsp3) is 0. The molecule has 5 heteroatoms. The molecule has 0 spiro atoms. The van der Waals surface area contributed by atoms with Crippen molar-refractivity contribution in [3.8, 4) is 17.1 Å². The third kappa shape index (κ3) is 5.19. The highest BCUT2D eigenvalue weighted by Gasteiger charge is 2.16. The normalized spacial score (nSPS) is 11.6. The lowest BCUT2D eigenvalue weighted by atomic mass is 10.1. The first-order valence-corrected chi connectivity index (χ1v) is 13.9. The van der Waals surface area contributed by atoms with Gasteiger partial charge in [-0.25, -0.2) is 4.98 Å². The Kier molecular flexibility index (Phi) is 6.81. The van der Waals surface area contributed by atoms with Gasteiger partial charge in [0.05, 0.1) is 17.9 Å². The Hall–Kier alpha value is -5.81. The minimum atomic E-state index is 0.801. The third-order valence-electron chi connectivity index (χ3n) is 7.24. The van der Waals surface area contributed by atoms with Gasteiger partial charge in [-0.1, -0.05) is 91.0 Å². The van der Waals surface area contributed by atoms with Crippen molar-refractivity contribution >= 4 is 39.6 Å². The topological polar surface area (TPSA) is 46.8 Å². The maximum Gasteiger partial charge on any atom is 0.145 e. The van der Waals surface area contributed by atoms with E-state index in [4.69, 9.17) is 4.98 Å². The van der Waals surface area contributed by atoms with Gasteiger partial charge in [0.2, 0.25) is 0 Å². The number of imidazole rings is 1. The second kappa shape index (κ2) is 11.4. The minimum absolute atomic E-state index is 0.801. The quantitative estimate of drug-likeness (QED) is 0.202. The molecule has 0 saturated heterocycles. The van der Waals surface area contributed by atoms with Gasteiger partial charge in [-0.15, -0.1) is 0 Å². The second-order valence-electron chi connectivity index (χ2n) is 9.97. The number of benzene rings is 5. The first kappa shape index (κ1) is 25.2. The molecular formula is C37H27N5. The molecule has 200 valence electrons. The van der Waals surface area contributed by atoms with Gasteiger partial charge in [-0.3, -0.25) is 4.57 Å². The van der Waals surface area contributed by atoms with Crippen LogP contribution in [0, 0.1) is 0 Å². The highest BCUT2D eigenvalue weighted by atomic mass is 15.1. The Morgan fingerprint density at radius 1 is 0.571 bits per heavy atom. The van der Waals surface area contributed by atoms with E-state index < -0.39 is 0 Å². The predicted molar refractivity (Wildman–Crippen MR) is 173 cm³/mol. The lowest BCUT2D eigenvalue weighted by molar-refractivity contribution is 1.03.